The van der Waals surface area contributed by atoms with Gasteiger partial charge in [-0.25, -0.2) is 9.37 Å². The van der Waals surface area contributed by atoms with Crippen molar-refractivity contribution in [1.82, 2.24) is 19.8 Å². The fourth-order valence-corrected chi connectivity index (χ4v) is 4.00. The second-order valence-corrected chi connectivity index (χ2v) is 7.50. The molecule has 2 amide bonds. The summed E-state index contributed by atoms with van der Waals surface area (Å²) >= 11 is 0. The topological polar surface area (TPSA) is 76.5 Å². The molecule has 1 N–H and O–H groups in total. The lowest BCUT2D eigenvalue weighted by molar-refractivity contribution is -0.126. The summed E-state index contributed by atoms with van der Waals surface area (Å²) < 4.78 is 21.0. The van der Waals surface area contributed by atoms with Crippen LogP contribution < -0.4 is 5.32 Å². The van der Waals surface area contributed by atoms with Crippen LogP contribution in [0.1, 0.15) is 47.6 Å². The average molecular weight is 400 g/mol. The first kappa shape index (κ1) is 19.6. The minimum absolute atomic E-state index is 0.0327. The Hall–Kier alpha value is -2.74. The molecule has 2 aliphatic heterocycles. The molecule has 154 valence electrons. The zero-order valence-corrected chi connectivity index (χ0v) is 16.4. The van der Waals surface area contributed by atoms with Gasteiger partial charge in [0.25, 0.3) is 5.91 Å². The van der Waals surface area contributed by atoms with Crippen molar-refractivity contribution in [2.45, 2.75) is 39.0 Å². The van der Waals surface area contributed by atoms with Gasteiger partial charge in [0.15, 0.2) is 5.69 Å². The van der Waals surface area contributed by atoms with E-state index in [1.165, 1.54) is 12.1 Å². The third-order valence-electron chi connectivity index (χ3n) is 5.68. The van der Waals surface area contributed by atoms with Crippen LogP contribution in [-0.4, -0.2) is 45.9 Å². The van der Waals surface area contributed by atoms with Gasteiger partial charge in [-0.3, -0.25) is 9.59 Å². The molecule has 0 saturated carbocycles. The Morgan fingerprint density at radius 1 is 1.24 bits per heavy atom. The number of fused-ring (bicyclic) bond motifs is 1. The molecule has 8 heteroatoms. The van der Waals surface area contributed by atoms with E-state index >= 15 is 0 Å². The SMILES string of the molecule is CCNC(=O)C1CCN(C(=O)c2ncn3c2CO[C@H](c2ccc(F)cc2)C3)CC1. The Kier molecular flexibility index (Phi) is 5.62. The van der Waals surface area contributed by atoms with Gasteiger partial charge in [0.1, 0.15) is 11.9 Å². The molecule has 3 heterocycles. The number of rotatable bonds is 4. The Morgan fingerprint density at radius 3 is 2.66 bits per heavy atom. The maximum atomic E-state index is 13.1. The second kappa shape index (κ2) is 8.32. The van der Waals surface area contributed by atoms with E-state index in [1.807, 2.05) is 11.5 Å². The molecule has 4 rings (SSSR count). The van der Waals surface area contributed by atoms with E-state index in [9.17, 15) is 14.0 Å². The molecule has 1 aromatic carbocycles. The molecule has 1 aromatic heterocycles. The molecule has 0 spiro atoms. The Balaban J connectivity index is 1.41. The van der Waals surface area contributed by atoms with Crippen LogP contribution in [0, 0.1) is 11.7 Å². The molecular weight excluding hydrogens is 375 g/mol. The fourth-order valence-electron chi connectivity index (χ4n) is 4.00. The zero-order chi connectivity index (χ0) is 20.4. The van der Waals surface area contributed by atoms with Crippen LogP contribution in [-0.2, 0) is 22.7 Å². The number of hydrogen-bond acceptors (Lipinski definition) is 4. The largest absolute Gasteiger partial charge is 0.365 e. The highest BCUT2D eigenvalue weighted by atomic mass is 19.1. The quantitative estimate of drug-likeness (QED) is 0.854. The first-order valence-corrected chi connectivity index (χ1v) is 10.0. The van der Waals surface area contributed by atoms with Crippen molar-refractivity contribution in [2.75, 3.05) is 19.6 Å². The van der Waals surface area contributed by atoms with Crippen molar-refractivity contribution in [3.8, 4) is 0 Å². The molecule has 0 unspecified atom stereocenters. The number of piperidine rings is 1. The number of ether oxygens (including phenoxy) is 1. The smallest absolute Gasteiger partial charge is 0.274 e. The van der Waals surface area contributed by atoms with E-state index in [-0.39, 0.29) is 36.3 Å². The van der Waals surface area contributed by atoms with Gasteiger partial charge in [0, 0.05) is 25.6 Å². The van der Waals surface area contributed by atoms with Crippen LogP contribution in [0.3, 0.4) is 0 Å². The number of nitrogens with zero attached hydrogens (tertiary/aromatic N) is 3. The summed E-state index contributed by atoms with van der Waals surface area (Å²) in [5.41, 5.74) is 2.07. The fraction of sp³-hybridized carbons (Fsp3) is 0.476. The van der Waals surface area contributed by atoms with Crippen molar-refractivity contribution in [2.24, 2.45) is 5.92 Å². The van der Waals surface area contributed by atoms with Crippen molar-refractivity contribution in [3.05, 3.63) is 53.4 Å². The number of halogens is 1. The third kappa shape index (κ3) is 4.03. The number of nitrogens with one attached hydrogen (secondary N) is 1. The van der Waals surface area contributed by atoms with Crippen molar-refractivity contribution >= 4 is 11.8 Å². The van der Waals surface area contributed by atoms with Gasteiger partial charge in [-0.05, 0) is 37.5 Å². The molecule has 2 aliphatic rings. The van der Waals surface area contributed by atoms with Gasteiger partial charge in [-0.1, -0.05) is 12.1 Å². The number of hydrogen-bond donors (Lipinski definition) is 1. The van der Waals surface area contributed by atoms with E-state index in [0.717, 1.165) is 11.3 Å². The lowest BCUT2D eigenvalue weighted by Crippen LogP contribution is -2.43. The number of benzene rings is 1. The highest BCUT2D eigenvalue weighted by molar-refractivity contribution is 5.93. The summed E-state index contributed by atoms with van der Waals surface area (Å²) in [6, 6.07) is 6.27. The van der Waals surface area contributed by atoms with Gasteiger partial charge < -0.3 is 19.5 Å². The maximum Gasteiger partial charge on any atom is 0.274 e. The lowest BCUT2D eigenvalue weighted by Gasteiger charge is -2.31. The average Bonchev–Trinajstić information content (AvgIpc) is 3.17. The molecule has 29 heavy (non-hydrogen) atoms. The van der Waals surface area contributed by atoms with E-state index in [0.29, 0.717) is 44.7 Å². The molecule has 0 aliphatic carbocycles. The van der Waals surface area contributed by atoms with E-state index < -0.39 is 0 Å². The van der Waals surface area contributed by atoms with Crippen LogP contribution in [0.4, 0.5) is 4.39 Å². The summed E-state index contributed by atoms with van der Waals surface area (Å²) in [5.74, 6) is -0.359. The monoisotopic (exact) mass is 400 g/mol. The number of imidazole rings is 1. The highest BCUT2D eigenvalue weighted by Gasteiger charge is 2.32. The van der Waals surface area contributed by atoms with Gasteiger partial charge in [0.2, 0.25) is 5.91 Å². The molecule has 0 radical (unpaired) electrons. The predicted octanol–water partition coefficient (Wildman–Crippen LogP) is 2.28. The van der Waals surface area contributed by atoms with Gasteiger partial charge >= 0.3 is 0 Å². The number of amides is 2. The standard InChI is InChI=1S/C21H25FN4O3/c1-2-23-20(27)15-7-9-25(10-8-15)21(28)19-17-12-29-18(11-26(17)13-24-19)14-3-5-16(22)6-4-14/h3-6,13,15,18H,2,7-12H2,1H3,(H,23,27)/t18-/m0/s1. The van der Waals surface area contributed by atoms with Crippen LogP contribution >= 0.6 is 0 Å². The van der Waals surface area contributed by atoms with Crippen molar-refractivity contribution < 1.29 is 18.7 Å². The Morgan fingerprint density at radius 2 is 1.97 bits per heavy atom. The molecular formula is C21H25FN4O3. The minimum atomic E-state index is -0.281. The highest BCUT2D eigenvalue weighted by Crippen LogP contribution is 2.29. The van der Waals surface area contributed by atoms with Gasteiger partial charge in [-0.15, -0.1) is 0 Å². The molecule has 1 fully saturated rings. The van der Waals surface area contributed by atoms with Gasteiger partial charge in [-0.2, -0.15) is 0 Å². The Labute approximate surface area is 168 Å². The zero-order valence-electron chi connectivity index (χ0n) is 16.4. The van der Waals surface area contributed by atoms with E-state index in [1.54, 1.807) is 23.4 Å². The normalized spacial score (nSPS) is 19.7. The lowest BCUT2D eigenvalue weighted by atomic mass is 9.95. The van der Waals surface area contributed by atoms with Gasteiger partial charge in [0.05, 0.1) is 25.2 Å². The van der Waals surface area contributed by atoms with Crippen LogP contribution in [0.5, 0.6) is 0 Å². The first-order chi connectivity index (χ1) is 14.1. The third-order valence-corrected chi connectivity index (χ3v) is 5.68. The number of aromatic nitrogens is 2. The number of likely N-dealkylation sites (tertiary alicyclic amines) is 1. The predicted molar refractivity (Wildman–Crippen MR) is 103 cm³/mol. The summed E-state index contributed by atoms with van der Waals surface area (Å²) in [6.45, 7) is 4.43. The summed E-state index contributed by atoms with van der Waals surface area (Å²) in [4.78, 5) is 31.1. The Bertz CT molecular complexity index is 888. The second-order valence-electron chi connectivity index (χ2n) is 7.50. The van der Waals surface area contributed by atoms with Crippen LogP contribution in [0.15, 0.2) is 30.6 Å². The molecule has 2 aromatic rings. The maximum absolute atomic E-state index is 13.1. The summed E-state index contributed by atoms with van der Waals surface area (Å²) in [5, 5.41) is 2.85. The number of carbonyl (C=O) groups is 2. The molecule has 1 saturated heterocycles. The molecule has 1 atom stereocenters. The number of carbonyl (C=O) groups excluding carboxylic acids is 2. The summed E-state index contributed by atoms with van der Waals surface area (Å²) in [6.07, 6.45) is 2.80. The molecule has 7 nitrogen and oxygen atoms in total. The molecule has 0 bridgehead atoms. The summed E-state index contributed by atoms with van der Waals surface area (Å²) in [7, 11) is 0. The van der Waals surface area contributed by atoms with E-state index in [4.69, 9.17) is 4.74 Å². The van der Waals surface area contributed by atoms with Crippen molar-refractivity contribution in [3.63, 3.8) is 0 Å². The first-order valence-electron chi connectivity index (χ1n) is 10.0. The van der Waals surface area contributed by atoms with E-state index in [2.05, 4.69) is 10.3 Å². The van der Waals surface area contributed by atoms with Crippen molar-refractivity contribution in [1.29, 1.82) is 0 Å². The minimum Gasteiger partial charge on any atom is -0.365 e. The van der Waals surface area contributed by atoms with Crippen LogP contribution in [0.25, 0.3) is 0 Å². The van der Waals surface area contributed by atoms with Crippen LogP contribution in [0.2, 0.25) is 0 Å².